The second-order valence-electron chi connectivity index (χ2n) is 4.40. The Labute approximate surface area is 101 Å². The van der Waals surface area contributed by atoms with E-state index in [2.05, 4.69) is 22.3 Å². The highest BCUT2D eigenvalue weighted by atomic mass is 32.1. The zero-order valence-corrected chi connectivity index (χ0v) is 10.3. The smallest absolute Gasteiger partial charge is 0.0591 e. The summed E-state index contributed by atoms with van der Waals surface area (Å²) < 4.78 is 5.63. The largest absolute Gasteiger partial charge is 0.378 e. The Hall–Kier alpha value is -0.420. The summed E-state index contributed by atoms with van der Waals surface area (Å²) in [5.41, 5.74) is 4.33. The highest BCUT2D eigenvalue weighted by Gasteiger charge is 2.19. The van der Waals surface area contributed by atoms with E-state index in [4.69, 9.17) is 10.6 Å². The molecule has 0 radical (unpaired) electrons. The number of rotatable bonds is 6. The van der Waals surface area contributed by atoms with Crippen molar-refractivity contribution in [2.24, 2.45) is 5.84 Å². The molecule has 1 saturated heterocycles. The Kier molecular flexibility index (Phi) is 4.78. The lowest BCUT2D eigenvalue weighted by molar-refractivity contribution is 0.0936. The fourth-order valence-corrected chi connectivity index (χ4v) is 2.90. The van der Waals surface area contributed by atoms with Gasteiger partial charge < -0.3 is 4.74 Å². The zero-order chi connectivity index (χ0) is 11.2. The molecule has 2 unspecified atom stereocenters. The third kappa shape index (κ3) is 3.56. The summed E-state index contributed by atoms with van der Waals surface area (Å²) in [5.74, 6) is 5.59. The summed E-state index contributed by atoms with van der Waals surface area (Å²) in [7, 11) is 0. The molecule has 1 aromatic rings. The van der Waals surface area contributed by atoms with Crippen LogP contribution < -0.4 is 11.3 Å². The molecule has 0 amide bonds. The van der Waals surface area contributed by atoms with Crippen molar-refractivity contribution in [3.05, 3.63) is 22.4 Å². The van der Waals surface area contributed by atoms with Crippen LogP contribution in [0.15, 0.2) is 16.8 Å². The van der Waals surface area contributed by atoms with Gasteiger partial charge in [-0.25, -0.2) is 0 Å². The van der Waals surface area contributed by atoms with Crippen LogP contribution in [0.25, 0.3) is 0 Å². The number of nitrogens with two attached hydrogens (primary N) is 1. The lowest BCUT2D eigenvalue weighted by Crippen LogP contribution is -2.38. The predicted octanol–water partition coefficient (Wildman–Crippen LogP) is 2.08. The Morgan fingerprint density at radius 3 is 3.19 bits per heavy atom. The van der Waals surface area contributed by atoms with Crippen molar-refractivity contribution in [2.75, 3.05) is 6.61 Å². The van der Waals surface area contributed by atoms with E-state index in [0.717, 1.165) is 25.9 Å². The summed E-state index contributed by atoms with van der Waals surface area (Å²) in [4.78, 5) is 0. The van der Waals surface area contributed by atoms with Crippen LogP contribution in [0.4, 0.5) is 0 Å². The van der Waals surface area contributed by atoms with Crippen molar-refractivity contribution in [1.29, 1.82) is 0 Å². The number of aryl methyl sites for hydroxylation is 1. The van der Waals surface area contributed by atoms with Gasteiger partial charge in [0.15, 0.2) is 0 Å². The molecule has 2 atom stereocenters. The summed E-state index contributed by atoms with van der Waals surface area (Å²) in [5, 5.41) is 4.33. The topological polar surface area (TPSA) is 47.3 Å². The zero-order valence-electron chi connectivity index (χ0n) is 9.52. The molecule has 1 aliphatic rings. The molecule has 3 N–H and O–H groups in total. The van der Waals surface area contributed by atoms with E-state index in [9.17, 15) is 0 Å². The first kappa shape index (κ1) is 12.0. The van der Waals surface area contributed by atoms with E-state index in [-0.39, 0.29) is 0 Å². The third-order valence-corrected chi connectivity index (χ3v) is 3.90. The molecule has 1 aromatic heterocycles. The van der Waals surface area contributed by atoms with Crippen LogP contribution in [-0.4, -0.2) is 18.8 Å². The number of thiophene rings is 1. The summed E-state index contributed by atoms with van der Waals surface area (Å²) >= 11 is 1.76. The number of nitrogens with one attached hydrogen (secondary N) is 1. The normalized spacial score (nSPS) is 22.4. The molecule has 0 aromatic carbocycles. The van der Waals surface area contributed by atoms with Gasteiger partial charge in [0.1, 0.15) is 0 Å². The highest BCUT2D eigenvalue weighted by Crippen LogP contribution is 2.19. The van der Waals surface area contributed by atoms with Gasteiger partial charge in [0, 0.05) is 12.6 Å². The summed E-state index contributed by atoms with van der Waals surface area (Å²) in [6.45, 7) is 0.923. The maximum absolute atomic E-state index is 5.63. The molecule has 3 nitrogen and oxygen atoms in total. The fraction of sp³-hybridized carbons (Fsp3) is 0.667. The van der Waals surface area contributed by atoms with Crippen molar-refractivity contribution in [3.8, 4) is 0 Å². The number of hydrazine groups is 1. The quantitative estimate of drug-likeness (QED) is 0.591. The van der Waals surface area contributed by atoms with Crippen LogP contribution in [0.5, 0.6) is 0 Å². The van der Waals surface area contributed by atoms with Gasteiger partial charge in [0.25, 0.3) is 0 Å². The van der Waals surface area contributed by atoms with E-state index in [0.29, 0.717) is 12.1 Å². The highest BCUT2D eigenvalue weighted by molar-refractivity contribution is 7.07. The first-order chi connectivity index (χ1) is 7.88. The van der Waals surface area contributed by atoms with E-state index in [1.54, 1.807) is 11.3 Å². The molecule has 1 fully saturated rings. The van der Waals surface area contributed by atoms with Gasteiger partial charge in [0.05, 0.1) is 6.10 Å². The van der Waals surface area contributed by atoms with E-state index >= 15 is 0 Å². The van der Waals surface area contributed by atoms with Crippen molar-refractivity contribution in [3.63, 3.8) is 0 Å². The Morgan fingerprint density at radius 1 is 1.62 bits per heavy atom. The maximum atomic E-state index is 5.63. The van der Waals surface area contributed by atoms with Crippen LogP contribution in [-0.2, 0) is 11.2 Å². The summed E-state index contributed by atoms with van der Waals surface area (Å²) in [6.07, 6.45) is 6.05. The van der Waals surface area contributed by atoms with Crippen LogP contribution in [0.2, 0.25) is 0 Å². The maximum Gasteiger partial charge on any atom is 0.0591 e. The van der Waals surface area contributed by atoms with Gasteiger partial charge in [-0.1, -0.05) is 0 Å². The molecule has 0 saturated carbocycles. The minimum Gasteiger partial charge on any atom is -0.378 e. The van der Waals surface area contributed by atoms with Crippen molar-refractivity contribution >= 4 is 11.3 Å². The molecule has 90 valence electrons. The minimum absolute atomic E-state index is 0.378. The average Bonchev–Trinajstić information content (AvgIpc) is 2.97. The Bertz CT molecular complexity index is 283. The molecule has 4 heteroatoms. The van der Waals surface area contributed by atoms with E-state index < -0.39 is 0 Å². The second kappa shape index (κ2) is 6.35. The SMILES string of the molecule is NNC(CCc1ccsc1)CC1CCCO1. The lowest BCUT2D eigenvalue weighted by Gasteiger charge is -2.19. The Morgan fingerprint density at radius 2 is 2.56 bits per heavy atom. The number of hydrogen-bond donors (Lipinski definition) is 2. The minimum atomic E-state index is 0.378. The average molecular weight is 240 g/mol. The molecule has 0 spiro atoms. The first-order valence-corrected chi connectivity index (χ1v) is 6.91. The monoisotopic (exact) mass is 240 g/mol. The molecule has 16 heavy (non-hydrogen) atoms. The van der Waals surface area contributed by atoms with E-state index in [1.165, 1.54) is 18.4 Å². The fourth-order valence-electron chi connectivity index (χ4n) is 2.19. The first-order valence-electron chi connectivity index (χ1n) is 5.97. The Balaban J connectivity index is 1.72. The molecule has 0 bridgehead atoms. The van der Waals surface area contributed by atoms with Crippen molar-refractivity contribution < 1.29 is 4.74 Å². The van der Waals surface area contributed by atoms with Gasteiger partial charge >= 0.3 is 0 Å². The van der Waals surface area contributed by atoms with Crippen molar-refractivity contribution in [1.82, 2.24) is 5.43 Å². The third-order valence-electron chi connectivity index (χ3n) is 3.17. The van der Waals surface area contributed by atoms with Crippen LogP contribution in [0.1, 0.15) is 31.2 Å². The predicted molar refractivity (Wildman–Crippen MR) is 67.3 cm³/mol. The van der Waals surface area contributed by atoms with E-state index in [1.807, 2.05) is 0 Å². The van der Waals surface area contributed by atoms with Crippen molar-refractivity contribution in [2.45, 2.75) is 44.2 Å². The van der Waals surface area contributed by atoms with Crippen LogP contribution in [0, 0.1) is 0 Å². The molecule has 1 aliphatic heterocycles. The molecule has 2 heterocycles. The summed E-state index contributed by atoms with van der Waals surface area (Å²) in [6, 6.07) is 2.56. The number of hydrogen-bond acceptors (Lipinski definition) is 4. The molecular formula is C12H20N2OS. The van der Waals surface area contributed by atoms with Gasteiger partial charge in [0.2, 0.25) is 0 Å². The van der Waals surface area contributed by atoms with Crippen LogP contribution >= 0.6 is 11.3 Å². The van der Waals surface area contributed by atoms with Gasteiger partial charge in [-0.2, -0.15) is 11.3 Å². The molecular weight excluding hydrogens is 220 g/mol. The molecule has 0 aliphatic carbocycles. The van der Waals surface area contributed by atoms with Gasteiger partial charge in [-0.05, 0) is 54.5 Å². The molecule has 2 rings (SSSR count). The second-order valence-corrected chi connectivity index (χ2v) is 5.18. The number of ether oxygens (including phenoxy) is 1. The van der Waals surface area contributed by atoms with Crippen LogP contribution in [0.3, 0.4) is 0 Å². The van der Waals surface area contributed by atoms with Gasteiger partial charge in [-0.15, -0.1) is 0 Å². The van der Waals surface area contributed by atoms with Gasteiger partial charge in [-0.3, -0.25) is 11.3 Å². The standard InChI is InChI=1S/C12H20N2OS/c13-14-11(8-12-2-1-6-15-12)4-3-10-5-7-16-9-10/h5,7,9,11-12,14H,1-4,6,8,13H2. The lowest BCUT2D eigenvalue weighted by atomic mass is 10.0.